The van der Waals surface area contributed by atoms with Crippen molar-refractivity contribution in [2.45, 2.75) is 27.3 Å². The van der Waals surface area contributed by atoms with Crippen LogP contribution >= 0.6 is 11.3 Å². The maximum atomic E-state index is 11.9. The van der Waals surface area contributed by atoms with Gasteiger partial charge in [-0.2, -0.15) is 0 Å². The van der Waals surface area contributed by atoms with Gasteiger partial charge in [0.05, 0.1) is 5.69 Å². The fraction of sp³-hybridized carbons (Fsp3) is 0.267. The van der Waals surface area contributed by atoms with Crippen LogP contribution in [-0.4, -0.2) is 31.1 Å². The molecule has 2 heterocycles. The molecule has 7 nitrogen and oxygen atoms in total. The molecule has 23 heavy (non-hydrogen) atoms. The third-order valence-corrected chi connectivity index (χ3v) is 4.32. The van der Waals surface area contributed by atoms with Crippen molar-refractivity contribution >= 4 is 22.4 Å². The molecule has 0 fully saturated rings. The van der Waals surface area contributed by atoms with Crippen LogP contribution < -0.4 is 5.32 Å². The van der Waals surface area contributed by atoms with E-state index in [-0.39, 0.29) is 12.5 Å². The van der Waals surface area contributed by atoms with E-state index >= 15 is 0 Å². The molecule has 0 aliphatic heterocycles. The minimum atomic E-state index is -0.213. The number of thiazole rings is 1. The summed E-state index contributed by atoms with van der Waals surface area (Å²) in [5.74, 6) is -0.213. The minimum Gasteiger partial charge on any atom is -0.300 e. The van der Waals surface area contributed by atoms with E-state index in [0.29, 0.717) is 5.13 Å². The summed E-state index contributed by atoms with van der Waals surface area (Å²) in [7, 11) is 0. The topological polar surface area (TPSA) is 85.6 Å². The molecule has 0 spiro atoms. The van der Waals surface area contributed by atoms with Crippen molar-refractivity contribution in [3.63, 3.8) is 0 Å². The van der Waals surface area contributed by atoms with Crippen LogP contribution in [0.2, 0.25) is 0 Å². The second-order valence-electron chi connectivity index (χ2n) is 5.34. The first-order chi connectivity index (χ1) is 11.0. The van der Waals surface area contributed by atoms with Gasteiger partial charge >= 0.3 is 0 Å². The highest BCUT2D eigenvalue weighted by molar-refractivity contribution is 7.14. The lowest BCUT2D eigenvalue weighted by Crippen LogP contribution is -2.19. The smallest absolute Gasteiger partial charge is 0.248 e. The molecule has 8 heteroatoms. The van der Waals surface area contributed by atoms with Crippen LogP contribution in [0.1, 0.15) is 16.7 Å². The number of carbonyl (C=O) groups is 1. The summed E-state index contributed by atoms with van der Waals surface area (Å²) in [5, 5.41) is 15.9. The van der Waals surface area contributed by atoms with Crippen molar-refractivity contribution in [1.29, 1.82) is 0 Å². The number of rotatable bonds is 4. The molecule has 3 rings (SSSR count). The normalized spacial score (nSPS) is 10.7. The van der Waals surface area contributed by atoms with Gasteiger partial charge in [0.15, 0.2) is 5.13 Å². The summed E-state index contributed by atoms with van der Waals surface area (Å²) >= 11 is 1.40. The molecule has 1 N–H and O–H groups in total. The first-order valence-electron chi connectivity index (χ1n) is 7.07. The van der Waals surface area contributed by atoms with Crippen LogP contribution in [0.4, 0.5) is 5.13 Å². The van der Waals surface area contributed by atoms with E-state index in [1.165, 1.54) is 39.0 Å². The van der Waals surface area contributed by atoms with Gasteiger partial charge < -0.3 is 5.32 Å². The molecule has 0 atom stereocenters. The Bertz CT molecular complexity index is 840. The first kappa shape index (κ1) is 15.3. The molecule has 0 aliphatic carbocycles. The maximum Gasteiger partial charge on any atom is 0.248 e. The standard InChI is InChI=1S/C15H16N6OS/c1-9-4-11(3)12(5-10(9)2)13-7-23-15(17-13)18-14(22)6-21-8-16-19-20-21/h4-5,7-8H,6H2,1-3H3,(H,17,18,22). The number of carbonyl (C=O) groups excluding carboxylic acids is 1. The van der Waals surface area contributed by atoms with Gasteiger partial charge in [0.25, 0.3) is 0 Å². The maximum absolute atomic E-state index is 11.9. The van der Waals surface area contributed by atoms with Crippen LogP contribution in [0, 0.1) is 20.8 Å². The average molecular weight is 328 g/mol. The van der Waals surface area contributed by atoms with Crippen LogP contribution in [-0.2, 0) is 11.3 Å². The highest BCUT2D eigenvalue weighted by Gasteiger charge is 2.11. The molecule has 0 saturated heterocycles. The number of nitrogens with zero attached hydrogens (tertiary/aromatic N) is 5. The Labute approximate surface area is 137 Å². The zero-order chi connectivity index (χ0) is 16.4. The monoisotopic (exact) mass is 328 g/mol. The van der Waals surface area contributed by atoms with E-state index < -0.39 is 0 Å². The molecule has 0 aliphatic rings. The predicted octanol–water partition coefficient (Wildman–Crippen LogP) is 2.36. The van der Waals surface area contributed by atoms with Gasteiger partial charge in [0.2, 0.25) is 5.91 Å². The molecule has 0 bridgehead atoms. The predicted molar refractivity (Wildman–Crippen MR) is 88.2 cm³/mol. The van der Waals surface area contributed by atoms with Gasteiger partial charge in [0, 0.05) is 10.9 Å². The molecular formula is C15H16N6OS. The van der Waals surface area contributed by atoms with Crippen molar-refractivity contribution in [2.75, 3.05) is 5.32 Å². The summed E-state index contributed by atoms with van der Waals surface area (Å²) in [6.07, 6.45) is 1.39. The Hall–Kier alpha value is -2.61. The summed E-state index contributed by atoms with van der Waals surface area (Å²) < 4.78 is 1.36. The van der Waals surface area contributed by atoms with Gasteiger partial charge in [0.1, 0.15) is 12.9 Å². The van der Waals surface area contributed by atoms with E-state index in [9.17, 15) is 4.79 Å². The van der Waals surface area contributed by atoms with Crippen molar-refractivity contribution in [3.05, 3.63) is 40.5 Å². The summed E-state index contributed by atoms with van der Waals surface area (Å²) in [5.41, 5.74) is 5.61. The number of aryl methyl sites for hydroxylation is 3. The van der Waals surface area contributed by atoms with Gasteiger partial charge in [-0.1, -0.05) is 6.07 Å². The lowest BCUT2D eigenvalue weighted by molar-refractivity contribution is -0.116. The zero-order valence-corrected chi connectivity index (χ0v) is 13.9. The van der Waals surface area contributed by atoms with Crippen molar-refractivity contribution < 1.29 is 4.79 Å². The summed E-state index contributed by atoms with van der Waals surface area (Å²) in [4.78, 5) is 16.4. The van der Waals surface area contributed by atoms with E-state index in [2.05, 4.69) is 58.7 Å². The van der Waals surface area contributed by atoms with Crippen LogP contribution in [0.5, 0.6) is 0 Å². The summed E-state index contributed by atoms with van der Waals surface area (Å²) in [6.45, 7) is 6.30. The molecule has 0 unspecified atom stereocenters. The molecule has 0 radical (unpaired) electrons. The number of hydrogen-bond donors (Lipinski definition) is 1. The Kier molecular flexibility index (Phi) is 4.16. The third-order valence-electron chi connectivity index (χ3n) is 3.56. The van der Waals surface area contributed by atoms with Gasteiger partial charge in [-0.3, -0.25) is 4.79 Å². The Balaban J connectivity index is 1.75. The van der Waals surface area contributed by atoms with Crippen molar-refractivity contribution in [3.8, 4) is 11.3 Å². The molecule has 2 aromatic heterocycles. The lowest BCUT2D eigenvalue weighted by atomic mass is 9.99. The Morgan fingerprint density at radius 2 is 2.00 bits per heavy atom. The number of amides is 1. The van der Waals surface area contributed by atoms with Crippen LogP contribution in [0.3, 0.4) is 0 Å². The number of aromatic nitrogens is 5. The number of hydrogen-bond acceptors (Lipinski definition) is 6. The molecule has 3 aromatic rings. The number of anilines is 1. The second-order valence-corrected chi connectivity index (χ2v) is 6.20. The average Bonchev–Trinajstić information content (AvgIpc) is 3.15. The molecule has 1 amide bonds. The van der Waals surface area contributed by atoms with Gasteiger partial charge in [-0.15, -0.1) is 16.4 Å². The van der Waals surface area contributed by atoms with Crippen molar-refractivity contribution in [2.24, 2.45) is 0 Å². The fourth-order valence-corrected chi connectivity index (χ4v) is 2.98. The number of benzene rings is 1. The van der Waals surface area contributed by atoms with E-state index in [0.717, 1.165) is 11.3 Å². The molecule has 118 valence electrons. The zero-order valence-electron chi connectivity index (χ0n) is 13.1. The molecule has 1 aromatic carbocycles. The Morgan fingerprint density at radius 3 is 2.74 bits per heavy atom. The van der Waals surface area contributed by atoms with E-state index in [1.807, 2.05) is 5.38 Å². The van der Waals surface area contributed by atoms with Crippen molar-refractivity contribution in [1.82, 2.24) is 25.2 Å². The highest BCUT2D eigenvalue weighted by Crippen LogP contribution is 2.29. The largest absolute Gasteiger partial charge is 0.300 e. The molecular weight excluding hydrogens is 312 g/mol. The second kappa shape index (κ2) is 6.25. The fourth-order valence-electron chi connectivity index (χ4n) is 2.25. The van der Waals surface area contributed by atoms with Crippen LogP contribution in [0.15, 0.2) is 23.8 Å². The SMILES string of the molecule is Cc1cc(C)c(-c2csc(NC(=O)Cn3cnnn3)n2)cc1C. The van der Waals surface area contributed by atoms with E-state index in [1.54, 1.807) is 0 Å². The third kappa shape index (κ3) is 3.42. The van der Waals surface area contributed by atoms with E-state index in [4.69, 9.17) is 0 Å². The lowest BCUT2D eigenvalue weighted by Gasteiger charge is -2.07. The quantitative estimate of drug-likeness (QED) is 0.794. The van der Waals surface area contributed by atoms with Crippen LogP contribution in [0.25, 0.3) is 11.3 Å². The minimum absolute atomic E-state index is 0.0601. The summed E-state index contributed by atoms with van der Waals surface area (Å²) in [6, 6.07) is 4.28. The number of tetrazole rings is 1. The van der Waals surface area contributed by atoms with Gasteiger partial charge in [-0.25, -0.2) is 9.67 Å². The first-order valence-corrected chi connectivity index (χ1v) is 7.95. The Morgan fingerprint density at radius 1 is 1.22 bits per heavy atom. The molecule has 0 saturated carbocycles. The van der Waals surface area contributed by atoms with Gasteiger partial charge in [-0.05, 0) is 54.0 Å². The highest BCUT2D eigenvalue weighted by atomic mass is 32.1. The number of nitrogens with one attached hydrogen (secondary N) is 1.